The Morgan fingerprint density at radius 1 is 1.23 bits per heavy atom. The highest BCUT2D eigenvalue weighted by molar-refractivity contribution is 5.38. The molecule has 6 heteroatoms. The summed E-state index contributed by atoms with van der Waals surface area (Å²) in [5, 5.41) is 3.27. The van der Waals surface area contributed by atoms with Gasteiger partial charge in [-0.15, -0.1) is 0 Å². The highest BCUT2D eigenvalue weighted by Gasteiger charge is 2.31. The number of rotatable bonds is 6. The second-order valence-corrected chi connectivity index (χ2v) is 5.51. The Labute approximate surface area is 129 Å². The molecule has 0 spiro atoms. The zero-order valence-electron chi connectivity index (χ0n) is 12.9. The summed E-state index contributed by atoms with van der Waals surface area (Å²) in [5.74, 6) is 0.574. The first kappa shape index (κ1) is 17.1. The molecule has 1 aliphatic heterocycles. The number of benzene rings is 1. The summed E-state index contributed by atoms with van der Waals surface area (Å²) in [6, 6.07) is 3.78. The van der Waals surface area contributed by atoms with Crippen molar-refractivity contribution in [3.05, 3.63) is 29.3 Å². The van der Waals surface area contributed by atoms with Gasteiger partial charge in [0.25, 0.3) is 0 Å². The van der Waals surface area contributed by atoms with Crippen molar-refractivity contribution >= 4 is 0 Å². The molecule has 124 valence electrons. The molecule has 1 fully saturated rings. The minimum absolute atomic E-state index is 0.520. The Bertz CT molecular complexity index is 471. The van der Waals surface area contributed by atoms with E-state index in [4.69, 9.17) is 4.74 Å². The molecule has 0 aliphatic carbocycles. The zero-order valence-corrected chi connectivity index (χ0v) is 12.9. The van der Waals surface area contributed by atoms with E-state index in [1.807, 2.05) is 6.92 Å². The normalized spacial score (nSPS) is 16.7. The summed E-state index contributed by atoms with van der Waals surface area (Å²) in [6.07, 6.45) is -2.91. The predicted octanol–water partition coefficient (Wildman–Crippen LogP) is 2.94. The topological polar surface area (TPSA) is 24.5 Å². The van der Waals surface area contributed by atoms with E-state index in [0.717, 1.165) is 45.2 Å². The number of halogens is 3. The van der Waals surface area contributed by atoms with Crippen LogP contribution in [0, 0.1) is 0 Å². The van der Waals surface area contributed by atoms with Crippen LogP contribution in [0.5, 0.6) is 5.75 Å². The van der Waals surface area contributed by atoms with Gasteiger partial charge in [-0.1, -0.05) is 6.92 Å². The van der Waals surface area contributed by atoms with Gasteiger partial charge in [0.1, 0.15) is 5.75 Å². The molecular formula is C16H23F3N2O. The molecule has 2 rings (SSSR count). The molecule has 1 aromatic carbocycles. The Morgan fingerprint density at radius 2 is 1.95 bits per heavy atom. The highest BCUT2D eigenvalue weighted by atomic mass is 19.4. The lowest BCUT2D eigenvalue weighted by Gasteiger charge is -2.27. The lowest BCUT2D eigenvalue weighted by atomic mass is 10.1. The van der Waals surface area contributed by atoms with Crippen LogP contribution in [0.1, 0.15) is 24.5 Å². The average Bonchev–Trinajstić information content (AvgIpc) is 2.51. The number of hydrogen-bond acceptors (Lipinski definition) is 3. The standard InChI is InChI=1S/C16H23F3N2O/c1-2-11-22-15-4-3-14(16(17,18)19)12-13(15)5-8-21-9-6-20-7-10-21/h3-4,12,20H,2,5-11H2,1H3. The van der Waals surface area contributed by atoms with Crippen LogP contribution in [0.25, 0.3) is 0 Å². The molecule has 1 aromatic rings. The van der Waals surface area contributed by atoms with Crippen LogP contribution >= 0.6 is 0 Å². The van der Waals surface area contributed by atoms with Gasteiger partial charge in [0.05, 0.1) is 12.2 Å². The van der Waals surface area contributed by atoms with Crippen molar-refractivity contribution in [2.24, 2.45) is 0 Å². The van der Waals surface area contributed by atoms with Crippen LogP contribution in [0.3, 0.4) is 0 Å². The van der Waals surface area contributed by atoms with E-state index in [1.165, 1.54) is 12.1 Å². The smallest absolute Gasteiger partial charge is 0.416 e. The van der Waals surface area contributed by atoms with Gasteiger partial charge in [0.15, 0.2) is 0 Å². The van der Waals surface area contributed by atoms with Crippen LogP contribution < -0.4 is 10.1 Å². The van der Waals surface area contributed by atoms with Crippen molar-refractivity contribution in [1.29, 1.82) is 0 Å². The van der Waals surface area contributed by atoms with Crippen LogP contribution in [0.15, 0.2) is 18.2 Å². The van der Waals surface area contributed by atoms with Crippen LogP contribution in [0.2, 0.25) is 0 Å². The van der Waals surface area contributed by atoms with Gasteiger partial charge in [-0.25, -0.2) is 0 Å². The summed E-state index contributed by atoms with van der Waals surface area (Å²) in [5.41, 5.74) is 0.0356. The van der Waals surface area contributed by atoms with Crippen LogP contribution in [-0.4, -0.2) is 44.2 Å². The van der Waals surface area contributed by atoms with Crippen molar-refractivity contribution in [2.45, 2.75) is 25.9 Å². The summed E-state index contributed by atoms with van der Waals surface area (Å²) in [6.45, 7) is 6.99. The number of nitrogens with one attached hydrogen (secondary N) is 1. The summed E-state index contributed by atoms with van der Waals surface area (Å²) >= 11 is 0. The Morgan fingerprint density at radius 3 is 2.59 bits per heavy atom. The number of nitrogens with zero attached hydrogens (tertiary/aromatic N) is 1. The molecule has 0 radical (unpaired) electrons. The SMILES string of the molecule is CCCOc1ccc(C(F)(F)F)cc1CCN1CCNCC1. The van der Waals surface area contributed by atoms with Crippen LogP contribution in [0.4, 0.5) is 13.2 Å². The van der Waals surface area contributed by atoms with E-state index in [0.29, 0.717) is 24.3 Å². The molecule has 3 nitrogen and oxygen atoms in total. The maximum atomic E-state index is 12.9. The summed E-state index contributed by atoms with van der Waals surface area (Å²) in [4.78, 5) is 2.26. The highest BCUT2D eigenvalue weighted by Crippen LogP contribution is 2.33. The lowest BCUT2D eigenvalue weighted by molar-refractivity contribution is -0.137. The molecule has 1 heterocycles. The minimum Gasteiger partial charge on any atom is -0.493 e. The Balaban J connectivity index is 2.09. The van der Waals surface area contributed by atoms with E-state index in [-0.39, 0.29) is 0 Å². The molecule has 22 heavy (non-hydrogen) atoms. The second-order valence-electron chi connectivity index (χ2n) is 5.51. The first-order valence-electron chi connectivity index (χ1n) is 7.76. The van der Waals surface area contributed by atoms with Gasteiger partial charge < -0.3 is 15.0 Å². The largest absolute Gasteiger partial charge is 0.493 e. The molecule has 0 amide bonds. The molecule has 1 N–H and O–H groups in total. The molecular weight excluding hydrogens is 293 g/mol. The molecule has 1 aliphatic rings. The summed E-state index contributed by atoms with van der Waals surface area (Å²) < 4.78 is 44.3. The van der Waals surface area contributed by atoms with E-state index in [9.17, 15) is 13.2 Å². The maximum absolute atomic E-state index is 12.9. The van der Waals surface area contributed by atoms with Gasteiger partial charge in [-0.05, 0) is 36.6 Å². The van der Waals surface area contributed by atoms with Crippen molar-refractivity contribution in [1.82, 2.24) is 10.2 Å². The van der Waals surface area contributed by atoms with Crippen molar-refractivity contribution in [3.8, 4) is 5.75 Å². The van der Waals surface area contributed by atoms with Crippen molar-refractivity contribution < 1.29 is 17.9 Å². The third-order valence-corrected chi connectivity index (χ3v) is 3.76. The van der Waals surface area contributed by atoms with Gasteiger partial charge >= 0.3 is 6.18 Å². The first-order chi connectivity index (χ1) is 10.5. The summed E-state index contributed by atoms with van der Waals surface area (Å²) in [7, 11) is 0. The number of alkyl halides is 3. The fourth-order valence-electron chi connectivity index (χ4n) is 2.52. The van der Waals surface area contributed by atoms with Crippen LogP contribution in [-0.2, 0) is 12.6 Å². The third-order valence-electron chi connectivity index (χ3n) is 3.76. The first-order valence-corrected chi connectivity index (χ1v) is 7.76. The van der Waals surface area contributed by atoms with E-state index < -0.39 is 11.7 Å². The molecule has 0 bridgehead atoms. The fraction of sp³-hybridized carbons (Fsp3) is 0.625. The minimum atomic E-state index is -4.31. The number of ether oxygens (including phenoxy) is 1. The number of piperazine rings is 1. The van der Waals surface area contributed by atoms with E-state index >= 15 is 0 Å². The van der Waals surface area contributed by atoms with Crippen molar-refractivity contribution in [2.75, 3.05) is 39.3 Å². The second kappa shape index (κ2) is 7.83. The number of hydrogen-bond donors (Lipinski definition) is 1. The molecule has 0 unspecified atom stereocenters. The van der Waals surface area contributed by atoms with Gasteiger partial charge in [0, 0.05) is 32.7 Å². The quantitative estimate of drug-likeness (QED) is 0.873. The van der Waals surface area contributed by atoms with Gasteiger partial charge in [0.2, 0.25) is 0 Å². The van der Waals surface area contributed by atoms with Gasteiger partial charge in [-0.3, -0.25) is 0 Å². The molecule has 0 atom stereocenters. The lowest BCUT2D eigenvalue weighted by Crippen LogP contribution is -2.44. The molecule has 0 saturated carbocycles. The average molecular weight is 316 g/mol. The predicted molar refractivity (Wildman–Crippen MR) is 80.2 cm³/mol. The molecule has 1 saturated heterocycles. The third kappa shape index (κ3) is 4.88. The molecule has 0 aromatic heterocycles. The Kier molecular flexibility index (Phi) is 6.08. The van der Waals surface area contributed by atoms with E-state index in [2.05, 4.69) is 10.2 Å². The Hall–Kier alpha value is -1.27. The fourth-order valence-corrected chi connectivity index (χ4v) is 2.52. The van der Waals surface area contributed by atoms with E-state index in [1.54, 1.807) is 0 Å². The van der Waals surface area contributed by atoms with Gasteiger partial charge in [-0.2, -0.15) is 13.2 Å². The zero-order chi connectivity index (χ0) is 16.0. The monoisotopic (exact) mass is 316 g/mol. The van der Waals surface area contributed by atoms with Crippen molar-refractivity contribution in [3.63, 3.8) is 0 Å². The maximum Gasteiger partial charge on any atom is 0.416 e.